The average Bonchev–Trinajstić information content (AvgIpc) is 3.12. The minimum Gasteiger partial charge on any atom is -0.465 e. The van der Waals surface area contributed by atoms with Gasteiger partial charge in [-0.1, -0.05) is 0 Å². The summed E-state index contributed by atoms with van der Waals surface area (Å²) in [5.41, 5.74) is 0. The number of carbonyl (C=O) groups is 1. The van der Waals surface area contributed by atoms with Crippen LogP contribution in [0.4, 0.5) is 0 Å². The highest BCUT2D eigenvalue weighted by Crippen LogP contribution is 2.28. The maximum Gasteiger partial charge on any atom is 0.320 e. The molecule has 1 saturated carbocycles. The normalized spacial score (nSPS) is 22.6. The quantitative estimate of drug-likeness (QED) is 0.704. The molecule has 1 aliphatic heterocycles. The van der Waals surface area contributed by atoms with Crippen LogP contribution in [0.5, 0.6) is 0 Å². The van der Waals surface area contributed by atoms with E-state index in [9.17, 15) is 4.79 Å². The van der Waals surface area contributed by atoms with Crippen molar-refractivity contribution in [2.24, 2.45) is 5.92 Å². The van der Waals surface area contributed by atoms with Crippen LogP contribution >= 0.6 is 0 Å². The zero-order valence-electron chi connectivity index (χ0n) is 10.8. The lowest BCUT2D eigenvalue weighted by atomic mass is 10.0. The molecule has 0 aromatic heterocycles. The van der Waals surface area contributed by atoms with Gasteiger partial charge in [-0.2, -0.15) is 0 Å². The number of piperidine rings is 1. The first-order valence-electron chi connectivity index (χ1n) is 6.89. The molecular formula is C13H24N2O2. The lowest BCUT2D eigenvalue weighted by molar-refractivity contribution is -0.144. The molecule has 1 saturated heterocycles. The van der Waals surface area contributed by atoms with E-state index >= 15 is 0 Å². The number of nitrogens with zero attached hydrogens (tertiary/aromatic N) is 1. The van der Waals surface area contributed by atoms with Crippen LogP contribution in [0.15, 0.2) is 0 Å². The summed E-state index contributed by atoms with van der Waals surface area (Å²) in [5, 5.41) is 3.64. The van der Waals surface area contributed by atoms with Gasteiger partial charge < -0.3 is 10.1 Å². The van der Waals surface area contributed by atoms with Gasteiger partial charge in [-0.3, -0.25) is 9.69 Å². The average molecular weight is 240 g/mol. The molecule has 1 N–H and O–H groups in total. The standard InChI is InChI=1S/C13H24N2O2/c1-2-17-13(16)10-15-7-5-12(6-8-15)14-9-11-3-4-11/h11-12,14H,2-10H2,1H3. The fraction of sp³-hybridized carbons (Fsp3) is 0.923. The second-order valence-corrected chi connectivity index (χ2v) is 5.21. The maximum absolute atomic E-state index is 11.3. The van der Waals surface area contributed by atoms with Crippen molar-refractivity contribution in [3.63, 3.8) is 0 Å². The zero-order valence-corrected chi connectivity index (χ0v) is 10.8. The second-order valence-electron chi connectivity index (χ2n) is 5.21. The van der Waals surface area contributed by atoms with Gasteiger partial charge in [0.15, 0.2) is 0 Å². The summed E-state index contributed by atoms with van der Waals surface area (Å²) in [6.07, 6.45) is 5.14. The predicted molar refractivity (Wildman–Crippen MR) is 66.8 cm³/mol. The Kier molecular flexibility index (Phi) is 4.80. The van der Waals surface area contributed by atoms with Gasteiger partial charge in [0.2, 0.25) is 0 Å². The molecule has 4 heteroatoms. The van der Waals surface area contributed by atoms with Gasteiger partial charge in [-0.25, -0.2) is 0 Å². The Bertz CT molecular complexity index is 246. The molecule has 2 rings (SSSR count). The van der Waals surface area contributed by atoms with Crippen molar-refractivity contribution in [3.05, 3.63) is 0 Å². The summed E-state index contributed by atoms with van der Waals surface area (Å²) in [6.45, 7) is 6.03. The first kappa shape index (κ1) is 12.8. The molecule has 4 nitrogen and oxygen atoms in total. The van der Waals surface area contributed by atoms with E-state index in [2.05, 4.69) is 10.2 Å². The molecule has 0 aromatic rings. The van der Waals surface area contributed by atoms with Crippen molar-refractivity contribution in [1.29, 1.82) is 0 Å². The van der Waals surface area contributed by atoms with Crippen LogP contribution in [0.25, 0.3) is 0 Å². The van der Waals surface area contributed by atoms with E-state index in [-0.39, 0.29) is 5.97 Å². The van der Waals surface area contributed by atoms with Crippen LogP contribution in [0, 0.1) is 5.92 Å². The molecule has 1 aliphatic carbocycles. The lowest BCUT2D eigenvalue weighted by Crippen LogP contribution is -2.44. The Hall–Kier alpha value is -0.610. The van der Waals surface area contributed by atoms with Crippen molar-refractivity contribution in [2.75, 3.05) is 32.8 Å². The molecule has 0 spiro atoms. The summed E-state index contributed by atoms with van der Waals surface area (Å²) < 4.78 is 4.96. The molecule has 2 fully saturated rings. The van der Waals surface area contributed by atoms with Gasteiger partial charge in [0.05, 0.1) is 13.2 Å². The van der Waals surface area contributed by atoms with Crippen LogP contribution in [0.2, 0.25) is 0 Å². The number of carbonyl (C=O) groups excluding carboxylic acids is 1. The number of hydrogen-bond donors (Lipinski definition) is 1. The topological polar surface area (TPSA) is 41.6 Å². The first-order valence-corrected chi connectivity index (χ1v) is 6.89. The minimum atomic E-state index is -0.0862. The molecule has 0 unspecified atom stereocenters. The third-order valence-electron chi connectivity index (χ3n) is 3.64. The zero-order chi connectivity index (χ0) is 12.1. The molecule has 1 heterocycles. The fourth-order valence-electron chi connectivity index (χ4n) is 2.34. The number of ether oxygens (including phenoxy) is 1. The van der Waals surface area contributed by atoms with E-state index < -0.39 is 0 Å². The summed E-state index contributed by atoms with van der Waals surface area (Å²) >= 11 is 0. The maximum atomic E-state index is 11.3. The Labute approximate surface area is 104 Å². The van der Waals surface area contributed by atoms with Gasteiger partial charge in [-0.15, -0.1) is 0 Å². The van der Waals surface area contributed by atoms with E-state index in [4.69, 9.17) is 4.74 Å². The van der Waals surface area contributed by atoms with Gasteiger partial charge in [0.25, 0.3) is 0 Å². The van der Waals surface area contributed by atoms with E-state index in [0.29, 0.717) is 19.2 Å². The van der Waals surface area contributed by atoms with Crippen molar-refractivity contribution < 1.29 is 9.53 Å². The minimum absolute atomic E-state index is 0.0862. The van der Waals surface area contributed by atoms with Crippen LogP contribution in [-0.4, -0.2) is 49.7 Å². The van der Waals surface area contributed by atoms with Crippen LogP contribution < -0.4 is 5.32 Å². The molecular weight excluding hydrogens is 216 g/mol. The molecule has 0 amide bonds. The summed E-state index contributed by atoms with van der Waals surface area (Å²) in [6, 6.07) is 0.661. The van der Waals surface area contributed by atoms with Gasteiger partial charge in [0.1, 0.15) is 0 Å². The third-order valence-corrected chi connectivity index (χ3v) is 3.64. The largest absolute Gasteiger partial charge is 0.465 e. The summed E-state index contributed by atoms with van der Waals surface area (Å²) in [7, 11) is 0. The summed E-state index contributed by atoms with van der Waals surface area (Å²) in [4.78, 5) is 13.5. The number of hydrogen-bond acceptors (Lipinski definition) is 4. The van der Waals surface area contributed by atoms with Crippen molar-refractivity contribution in [2.45, 2.75) is 38.6 Å². The fourth-order valence-corrected chi connectivity index (χ4v) is 2.34. The molecule has 0 bridgehead atoms. The van der Waals surface area contributed by atoms with Crippen LogP contribution in [-0.2, 0) is 9.53 Å². The molecule has 0 aromatic carbocycles. The molecule has 98 valence electrons. The number of likely N-dealkylation sites (tertiary alicyclic amines) is 1. The molecule has 0 radical (unpaired) electrons. The monoisotopic (exact) mass is 240 g/mol. The summed E-state index contributed by atoms with van der Waals surface area (Å²) in [5.74, 6) is 0.865. The van der Waals surface area contributed by atoms with Crippen molar-refractivity contribution in [3.8, 4) is 0 Å². The van der Waals surface area contributed by atoms with Crippen molar-refractivity contribution in [1.82, 2.24) is 10.2 Å². The Morgan fingerprint density at radius 1 is 1.29 bits per heavy atom. The Morgan fingerprint density at radius 3 is 2.59 bits per heavy atom. The number of esters is 1. The second kappa shape index (κ2) is 6.36. The molecule has 2 aliphatic rings. The molecule has 0 atom stereocenters. The van der Waals surface area contributed by atoms with Crippen LogP contribution in [0.1, 0.15) is 32.6 Å². The van der Waals surface area contributed by atoms with E-state index in [0.717, 1.165) is 31.8 Å². The van der Waals surface area contributed by atoms with Gasteiger partial charge in [0, 0.05) is 19.1 Å². The SMILES string of the molecule is CCOC(=O)CN1CCC(NCC2CC2)CC1. The van der Waals surface area contributed by atoms with Gasteiger partial charge >= 0.3 is 5.97 Å². The van der Waals surface area contributed by atoms with E-state index in [1.165, 1.54) is 19.4 Å². The first-order chi connectivity index (χ1) is 8.28. The highest BCUT2D eigenvalue weighted by Gasteiger charge is 2.24. The van der Waals surface area contributed by atoms with E-state index in [1.807, 2.05) is 6.92 Å². The highest BCUT2D eigenvalue weighted by molar-refractivity contribution is 5.71. The Balaban J connectivity index is 1.58. The lowest BCUT2D eigenvalue weighted by Gasteiger charge is -2.31. The van der Waals surface area contributed by atoms with E-state index in [1.54, 1.807) is 0 Å². The van der Waals surface area contributed by atoms with Crippen molar-refractivity contribution >= 4 is 5.97 Å². The smallest absolute Gasteiger partial charge is 0.320 e. The molecule has 17 heavy (non-hydrogen) atoms. The number of rotatable bonds is 6. The number of nitrogens with one attached hydrogen (secondary N) is 1. The Morgan fingerprint density at radius 2 is 2.00 bits per heavy atom. The highest BCUT2D eigenvalue weighted by atomic mass is 16.5. The van der Waals surface area contributed by atoms with Crippen LogP contribution in [0.3, 0.4) is 0 Å². The van der Waals surface area contributed by atoms with Gasteiger partial charge in [-0.05, 0) is 45.1 Å². The predicted octanol–water partition coefficient (Wildman–Crippen LogP) is 1.01. The third kappa shape index (κ3) is 4.64.